The standard InChI is InChI=1S/C11H17NS/c1-13-11-6-4-10(5-7-11)12-8-2-3-9-12/h2-3,8-11H,4-7H2,1H3. The molecule has 13 heavy (non-hydrogen) atoms. The van der Waals surface area contributed by atoms with Crippen molar-refractivity contribution in [3.05, 3.63) is 24.5 Å². The summed E-state index contributed by atoms with van der Waals surface area (Å²) in [5.74, 6) is 0. The Hall–Kier alpha value is -0.370. The molecule has 0 radical (unpaired) electrons. The molecule has 1 aromatic rings. The van der Waals surface area contributed by atoms with Crippen LogP contribution in [0.4, 0.5) is 0 Å². The van der Waals surface area contributed by atoms with Crippen LogP contribution in [0.5, 0.6) is 0 Å². The maximum absolute atomic E-state index is 2.37. The van der Waals surface area contributed by atoms with Gasteiger partial charge in [0.25, 0.3) is 0 Å². The van der Waals surface area contributed by atoms with Gasteiger partial charge in [-0.25, -0.2) is 0 Å². The fourth-order valence-electron chi connectivity index (χ4n) is 2.17. The van der Waals surface area contributed by atoms with Crippen LogP contribution in [0.3, 0.4) is 0 Å². The molecule has 72 valence electrons. The second-order valence-corrected chi connectivity index (χ2v) is 4.93. The normalized spacial score (nSPS) is 29.0. The third-order valence-electron chi connectivity index (χ3n) is 3.03. The van der Waals surface area contributed by atoms with Crippen molar-refractivity contribution < 1.29 is 0 Å². The minimum atomic E-state index is 0.776. The molecule has 0 saturated heterocycles. The van der Waals surface area contributed by atoms with Crippen molar-refractivity contribution in [3.63, 3.8) is 0 Å². The first-order chi connectivity index (χ1) is 6.40. The number of nitrogens with zero attached hydrogens (tertiary/aromatic N) is 1. The molecule has 1 aliphatic rings. The first-order valence-electron chi connectivity index (χ1n) is 5.05. The smallest absolute Gasteiger partial charge is 0.0331 e. The van der Waals surface area contributed by atoms with E-state index in [-0.39, 0.29) is 0 Å². The summed E-state index contributed by atoms with van der Waals surface area (Å²) >= 11 is 2.04. The fourth-order valence-corrected chi connectivity index (χ4v) is 2.91. The Labute approximate surface area is 84.5 Å². The minimum Gasteiger partial charge on any atom is -0.351 e. The maximum atomic E-state index is 2.37. The molecule has 0 aliphatic heterocycles. The molecule has 1 saturated carbocycles. The lowest BCUT2D eigenvalue weighted by Crippen LogP contribution is -2.18. The van der Waals surface area contributed by atoms with Crippen LogP contribution in [0.15, 0.2) is 24.5 Å². The number of hydrogen-bond acceptors (Lipinski definition) is 1. The van der Waals surface area contributed by atoms with E-state index in [2.05, 4.69) is 35.3 Å². The Balaban J connectivity index is 1.92. The lowest BCUT2D eigenvalue weighted by Gasteiger charge is -2.28. The number of aromatic nitrogens is 1. The Morgan fingerprint density at radius 1 is 1.08 bits per heavy atom. The second kappa shape index (κ2) is 4.23. The minimum absolute atomic E-state index is 0.776. The number of rotatable bonds is 2. The quantitative estimate of drug-likeness (QED) is 0.700. The summed E-state index contributed by atoms with van der Waals surface area (Å²) in [6, 6.07) is 5.03. The fraction of sp³-hybridized carbons (Fsp3) is 0.636. The molecule has 0 bridgehead atoms. The molecule has 2 heteroatoms. The predicted octanol–water partition coefficient (Wildman–Crippen LogP) is 3.33. The third kappa shape index (κ3) is 2.11. The van der Waals surface area contributed by atoms with E-state index >= 15 is 0 Å². The number of hydrogen-bond donors (Lipinski definition) is 0. The zero-order chi connectivity index (χ0) is 9.10. The van der Waals surface area contributed by atoms with Gasteiger partial charge in [0.05, 0.1) is 0 Å². The molecule has 0 amide bonds. The summed E-state index contributed by atoms with van der Waals surface area (Å²) in [5, 5.41) is 0.923. The molecule has 0 unspecified atom stereocenters. The molecule has 1 fully saturated rings. The molecule has 1 heterocycles. The Morgan fingerprint density at radius 2 is 1.69 bits per heavy atom. The molecule has 0 spiro atoms. The molecule has 0 aromatic carbocycles. The van der Waals surface area contributed by atoms with E-state index in [0.717, 1.165) is 11.3 Å². The first kappa shape index (κ1) is 9.20. The van der Waals surface area contributed by atoms with Crippen molar-refractivity contribution in [3.8, 4) is 0 Å². The molecular formula is C11H17NS. The van der Waals surface area contributed by atoms with Gasteiger partial charge in [0.2, 0.25) is 0 Å². The van der Waals surface area contributed by atoms with Gasteiger partial charge in [0, 0.05) is 23.7 Å². The Kier molecular flexibility index (Phi) is 2.99. The van der Waals surface area contributed by atoms with Crippen molar-refractivity contribution in [2.45, 2.75) is 37.0 Å². The summed E-state index contributed by atoms with van der Waals surface area (Å²) in [7, 11) is 0. The third-order valence-corrected chi connectivity index (χ3v) is 4.16. The molecule has 1 aromatic heterocycles. The van der Waals surface area contributed by atoms with E-state index in [9.17, 15) is 0 Å². The van der Waals surface area contributed by atoms with Crippen molar-refractivity contribution in [2.24, 2.45) is 0 Å². The molecule has 1 aliphatic carbocycles. The first-order valence-corrected chi connectivity index (χ1v) is 6.34. The zero-order valence-corrected chi connectivity index (χ0v) is 8.96. The van der Waals surface area contributed by atoms with Gasteiger partial charge < -0.3 is 4.57 Å². The van der Waals surface area contributed by atoms with Crippen LogP contribution in [-0.4, -0.2) is 16.1 Å². The van der Waals surface area contributed by atoms with Gasteiger partial charge in [-0.3, -0.25) is 0 Å². The molecule has 2 rings (SSSR count). The molecule has 0 atom stereocenters. The Bertz CT molecular complexity index is 235. The van der Waals surface area contributed by atoms with Crippen molar-refractivity contribution >= 4 is 11.8 Å². The molecule has 1 nitrogen and oxygen atoms in total. The van der Waals surface area contributed by atoms with E-state index in [1.54, 1.807) is 0 Å². The summed E-state index contributed by atoms with van der Waals surface area (Å²) in [4.78, 5) is 0. The summed E-state index contributed by atoms with van der Waals surface area (Å²) in [6.45, 7) is 0. The van der Waals surface area contributed by atoms with E-state index in [1.807, 2.05) is 11.8 Å². The highest BCUT2D eigenvalue weighted by molar-refractivity contribution is 7.99. The van der Waals surface area contributed by atoms with Crippen LogP contribution in [0.2, 0.25) is 0 Å². The van der Waals surface area contributed by atoms with Crippen LogP contribution in [0.1, 0.15) is 31.7 Å². The topological polar surface area (TPSA) is 4.93 Å². The summed E-state index contributed by atoms with van der Waals surface area (Å²) in [5.41, 5.74) is 0. The van der Waals surface area contributed by atoms with E-state index < -0.39 is 0 Å². The molecular weight excluding hydrogens is 178 g/mol. The average Bonchev–Trinajstić information content (AvgIpc) is 2.71. The van der Waals surface area contributed by atoms with Crippen LogP contribution in [0.25, 0.3) is 0 Å². The zero-order valence-electron chi connectivity index (χ0n) is 8.15. The average molecular weight is 195 g/mol. The van der Waals surface area contributed by atoms with Gasteiger partial charge in [-0.2, -0.15) is 11.8 Å². The van der Waals surface area contributed by atoms with Crippen LogP contribution < -0.4 is 0 Å². The lowest BCUT2D eigenvalue weighted by molar-refractivity contribution is 0.361. The molecule has 0 N–H and O–H groups in total. The van der Waals surface area contributed by atoms with Crippen molar-refractivity contribution in [1.29, 1.82) is 0 Å². The van der Waals surface area contributed by atoms with E-state index in [1.165, 1.54) is 25.7 Å². The van der Waals surface area contributed by atoms with Crippen molar-refractivity contribution in [2.75, 3.05) is 6.26 Å². The van der Waals surface area contributed by atoms with E-state index in [0.29, 0.717) is 0 Å². The Morgan fingerprint density at radius 3 is 2.23 bits per heavy atom. The van der Waals surface area contributed by atoms with E-state index in [4.69, 9.17) is 0 Å². The summed E-state index contributed by atoms with van der Waals surface area (Å²) < 4.78 is 2.37. The van der Waals surface area contributed by atoms with Gasteiger partial charge in [0.15, 0.2) is 0 Å². The predicted molar refractivity (Wildman–Crippen MR) is 59.2 cm³/mol. The van der Waals surface area contributed by atoms with Crippen molar-refractivity contribution in [1.82, 2.24) is 4.57 Å². The highest BCUT2D eigenvalue weighted by Crippen LogP contribution is 2.33. The largest absolute Gasteiger partial charge is 0.351 e. The van der Waals surface area contributed by atoms with Gasteiger partial charge in [-0.1, -0.05) is 0 Å². The second-order valence-electron chi connectivity index (χ2n) is 3.80. The highest BCUT2D eigenvalue weighted by atomic mass is 32.2. The van der Waals surface area contributed by atoms with Crippen LogP contribution in [-0.2, 0) is 0 Å². The van der Waals surface area contributed by atoms with Gasteiger partial charge >= 0.3 is 0 Å². The van der Waals surface area contributed by atoms with Gasteiger partial charge in [0.1, 0.15) is 0 Å². The van der Waals surface area contributed by atoms with Crippen LogP contribution in [0, 0.1) is 0 Å². The SMILES string of the molecule is CSC1CCC(n2cccc2)CC1. The maximum Gasteiger partial charge on any atom is 0.0331 e. The monoisotopic (exact) mass is 195 g/mol. The number of thioether (sulfide) groups is 1. The summed E-state index contributed by atoms with van der Waals surface area (Å²) in [6.07, 6.45) is 12.1. The van der Waals surface area contributed by atoms with Crippen LogP contribution >= 0.6 is 11.8 Å². The highest BCUT2D eigenvalue weighted by Gasteiger charge is 2.20. The van der Waals surface area contributed by atoms with Gasteiger partial charge in [-0.15, -0.1) is 0 Å². The van der Waals surface area contributed by atoms with Gasteiger partial charge in [-0.05, 0) is 44.1 Å². The lowest BCUT2D eigenvalue weighted by atomic mass is 9.95.